The quantitative estimate of drug-likeness (QED) is 0.0693. The lowest BCUT2D eigenvalue weighted by Gasteiger charge is -2.23. The lowest BCUT2D eigenvalue weighted by atomic mass is 9.95. The standard InChI is InChI=1S/C29H23BrFN3O5S2/c1-3-39-21-13-10-17(14-22(21)38-2)24-23(25(35)16-8-11-19(30)12-9-16)26(36)27(37)34(24)28-32-33-29(41-28)40-15-18-6-4-5-7-20(18)31/h4-14,24,35H,3,15H2,1-2H3/b25-23-. The van der Waals surface area contributed by atoms with Gasteiger partial charge in [-0.2, -0.15) is 0 Å². The van der Waals surface area contributed by atoms with Crippen molar-refractivity contribution in [3.8, 4) is 11.5 Å². The molecular formula is C29H23BrFN3O5S2. The number of hydrogen-bond donors (Lipinski definition) is 1. The number of thioether (sulfide) groups is 1. The molecule has 1 fully saturated rings. The van der Waals surface area contributed by atoms with E-state index in [-0.39, 0.29) is 22.3 Å². The Morgan fingerprint density at radius 2 is 1.85 bits per heavy atom. The summed E-state index contributed by atoms with van der Waals surface area (Å²) in [6, 6.07) is 17.2. The molecule has 41 heavy (non-hydrogen) atoms. The summed E-state index contributed by atoms with van der Waals surface area (Å²) in [6.45, 7) is 2.26. The summed E-state index contributed by atoms with van der Waals surface area (Å²) in [5.74, 6) is -1.17. The Morgan fingerprint density at radius 3 is 2.56 bits per heavy atom. The van der Waals surface area contributed by atoms with E-state index in [1.807, 2.05) is 6.92 Å². The van der Waals surface area contributed by atoms with Gasteiger partial charge >= 0.3 is 5.91 Å². The highest BCUT2D eigenvalue weighted by Crippen LogP contribution is 2.45. The van der Waals surface area contributed by atoms with Gasteiger partial charge in [-0.15, -0.1) is 10.2 Å². The third-order valence-corrected chi connectivity index (χ3v) is 8.91. The minimum absolute atomic E-state index is 0.0979. The number of aromatic nitrogens is 2. The zero-order chi connectivity index (χ0) is 29.1. The molecule has 1 aliphatic rings. The van der Waals surface area contributed by atoms with Crippen LogP contribution >= 0.6 is 39.0 Å². The van der Waals surface area contributed by atoms with Crippen molar-refractivity contribution in [2.45, 2.75) is 23.1 Å². The van der Waals surface area contributed by atoms with E-state index in [0.717, 1.165) is 15.8 Å². The number of carbonyl (C=O) groups excluding carboxylic acids is 2. The van der Waals surface area contributed by atoms with Crippen molar-refractivity contribution in [3.63, 3.8) is 0 Å². The molecule has 1 atom stereocenters. The SMILES string of the molecule is CCOc1ccc(C2/C(=C(/O)c3ccc(Br)cc3)C(=O)C(=O)N2c2nnc(SCc3ccccc3F)s2)cc1OC. The molecule has 1 unspecified atom stereocenters. The van der Waals surface area contributed by atoms with Crippen LogP contribution in [0.25, 0.3) is 5.76 Å². The van der Waals surface area contributed by atoms with E-state index >= 15 is 0 Å². The van der Waals surface area contributed by atoms with Crippen LogP contribution in [-0.2, 0) is 15.3 Å². The molecule has 3 aromatic carbocycles. The minimum Gasteiger partial charge on any atom is -0.507 e. The van der Waals surface area contributed by atoms with Crippen molar-refractivity contribution in [3.05, 3.63) is 99.3 Å². The normalized spacial score (nSPS) is 16.3. The number of ketones is 1. The first-order valence-electron chi connectivity index (χ1n) is 12.4. The van der Waals surface area contributed by atoms with Crippen molar-refractivity contribution in [2.24, 2.45) is 0 Å². The van der Waals surface area contributed by atoms with E-state index in [2.05, 4.69) is 26.1 Å². The highest BCUT2D eigenvalue weighted by atomic mass is 79.9. The number of methoxy groups -OCH3 is 1. The number of benzene rings is 3. The zero-order valence-electron chi connectivity index (χ0n) is 21.8. The van der Waals surface area contributed by atoms with Crippen molar-refractivity contribution in [1.29, 1.82) is 0 Å². The molecule has 1 aromatic heterocycles. The zero-order valence-corrected chi connectivity index (χ0v) is 25.1. The number of hydrogen-bond acceptors (Lipinski definition) is 9. The van der Waals surface area contributed by atoms with Gasteiger partial charge in [0.1, 0.15) is 11.6 Å². The number of carbonyl (C=O) groups is 2. The van der Waals surface area contributed by atoms with E-state index in [1.165, 1.54) is 29.8 Å². The Hall–Kier alpha value is -3.74. The predicted octanol–water partition coefficient (Wildman–Crippen LogP) is 6.77. The molecule has 1 aliphatic heterocycles. The molecule has 0 aliphatic carbocycles. The fourth-order valence-corrected chi connectivity index (χ4v) is 6.47. The van der Waals surface area contributed by atoms with E-state index in [0.29, 0.717) is 44.9 Å². The van der Waals surface area contributed by atoms with Crippen LogP contribution in [0.2, 0.25) is 0 Å². The van der Waals surface area contributed by atoms with Gasteiger partial charge in [0.2, 0.25) is 5.13 Å². The number of aliphatic hydroxyl groups excluding tert-OH is 1. The van der Waals surface area contributed by atoms with Gasteiger partial charge in [0.15, 0.2) is 15.8 Å². The molecule has 0 saturated carbocycles. The van der Waals surface area contributed by atoms with Crippen LogP contribution < -0.4 is 14.4 Å². The van der Waals surface area contributed by atoms with E-state index in [1.54, 1.807) is 60.7 Å². The van der Waals surface area contributed by atoms with Gasteiger partial charge in [0.25, 0.3) is 5.78 Å². The molecule has 0 spiro atoms. The van der Waals surface area contributed by atoms with Crippen molar-refractivity contribution >= 4 is 61.6 Å². The fourth-order valence-electron chi connectivity index (χ4n) is 4.35. The molecule has 1 saturated heterocycles. The second-order valence-electron chi connectivity index (χ2n) is 8.75. The number of rotatable bonds is 9. The van der Waals surface area contributed by atoms with Crippen molar-refractivity contribution < 1.29 is 28.6 Å². The van der Waals surface area contributed by atoms with Crippen LogP contribution in [0.5, 0.6) is 11.5 Å². The first-order chi connectivity index (χ1) is 19.8. The van der Waals surface area contributed by atoms with Crippen LogP contribution in [0.4, 0.5) is 9.52 Å². The minimum atomic E-state index is -1.03. The second-order valence-corrected chi connectivity index (χ2v) is 11.8. The van der Waals surface area contributed by atoms with Gasteiger partial charge in [0, 0.05) is 15.8 Å². The first-order valence-corrected chi connectivity index (χ1v) is 15.0. The molecule has 0 radical (unpaired) electrons. The van der Waals surface area contributed by atoms with Crippen LogP contribution in [0.15, 0.2) is 81.1 Å². The van der Waals surface area contributed by atoms with Gasteiger partial charge in [-0.1, -0.05) is 75.4 Å². The van der Waals surface area contributed by atoms with Crippen molar-refractivity contribution in [2.75, 3.05) is 18.6 Å². The molecule has 2 heterocycles. The van der Waals surface area contributed by atoms with Crippen LogP contribution in [0.3, 0.4) is 0 Å². The Morgan fingerprint density at radius 1 is 1.10 bits per heavy atom. The third kappa shape index (κ3) is 5.85. The first kappa shape index (κ1) is 28.8. The lowest BCUT2D eigenvalue weighted by molar-refractivity contribution is -0.132. The fraction of sp³-hybridized carbons (Fsp3) is 0.172. The maximum absolute atomic E-state index is 14.1. The van der Waals surface area contributed by atoms with Gasteiger partial charge in [-0.25, -0.2) is 4.39 Å². The number of amides is 1. The maximum Gasteiger partial charge on any atom is 0.301 e. The molecule has 5 rings (SSSR count). The monoisotopic (exact) mass is 655 g/mol. The molecule has 0 bridgehead atoms. The number of halogens is 2. The van der Waals surface area contributed by atoms with Gasteiger partial charge < -0.3 is 14.6 Å². The summed E-state index contributed by atoms with van der Waals surface area (Å²) in [5.41, 5.74) is 1.27. The molecule has 12 heteroatoms. The molecule has 1 amide bonds. The summed E-state index contributed by atoms with van der Waals surface area (Å²) in [5, 5.41) is 19.9. The van der Waals surface area contributed by atoms with E-state index < -0.39 is 17.7 Å². The highest BCUT2D eigenvalue weighted by Gasteiger charge is 2.48. The number of anilines is 1. The van der Waals surface area contributed by atoms with Crippen LogP contribution in [0.1, 0.15) is 29.7 Å². The maximum atomic E-state index is 14.1. The average molecular weight is 657 g/mol. The summed E-state index contributed by atoms with van der Waals surface area (Å²) in [6.07, 6.45) is 0. The smallest absolute Gasteiger partial charge is 0.301 e. The largest absolute Gasteiger partial charge is 0.507 e. The number of aliphatic hydroxyl groups is 1. The third-order valence-electron chi connectivity index (χ3n) is 6.28. The highest BCUT2D eigenvalue weighted by molar-refractivity contribution is 9.10. The van der Waals surface area contributed by atoms with E-state index in [4.69, 9.17) is 9.47 Å². The second kappa shape index (κ2) is 12.4. The van der Waals surface area contributed by atoms with Gasteiger partial charge in [0.05, 0.1) is 25.3 Å². The molecule has 4 aromatic rings. The molecular weight excluding hydrogens is 633 g/mol. The van der Waals surface area contributed by atoms with Crippen molar-refractivity contribution in [1.82, 2.24) is 10.2 Å². The van der Waals surface area contributed by atoms with E-state index in [9.17, 15) is 19.1 Å². The number of ether oxygens (including phenoxy) is 2. The molecule has 1 N–H and O–H groups in total. The number of nitrogens with zero attached hydrogens (tertiary/aromatic N) is 3. The topological polar surface area (TPSA) is 102 Å². The Kier molecular flexibility index (Phi) is 8.71. The average Bonchev–Trinajstić information content (AvgIpc) is 3.55. The summed E-state index contributed by atoms with van der Waals surface area (Å²) >= 11 is 5.73. The molecule has 210 valence electrons. The predicted molar refractivity (Wildman–Crippen MR) is 159 cm³/mol. The summed E-state index contributed by atoms with van der Waals surface area (Å²) in [4.78, 5) is 28.2. The van der Waals surface area contributed by atoms with Crippen LogP contribution in [-0.4, -0.2) is 40.7 Å². The Balaban J connectivity index is 1.58. The Labute approximate surface area is 252 Å². The summed E-state index contributed by atoms with van der Waals surface area (Å²) < 4.78 is 26.5. The summed E-state index contributed by atoms with van der Waals surface area (Å²) in [7, 11) is 1.49. The van der Waals surface area contributed by atoms with Crippen LogP contribution in [0, 0.1) is 5.82 Å². The number of Topliss-reactive ketones (excluding diaryl/α,β-unsaturated/α-hetero) is 1. The van der Waals surface area contributed by atoms with Gasteiger partial charge in [-0.05, 0) is 48.4 Å². The Bertz CT molecular complexity index is 1640. The molecule has 8 nitrogen and oxygen atoms in total. The van der Waals surface area contributed by atoms with Gasteiger partial charge in [-0.3, -0.25) is 14.5 Å². The lowest BCUT2D eigenvalue weighted by Crippen LogP contribution is -2.29.